The fraction of sp³-hybridized carbons (Fsp3) is 0.143. The zero-order valence-electron chi connectivity index (χ0n) is 9.75. The van der Waals surface area contributed by atoms with Gasteiger partial charge in [-0.25, -0.2) is 4.39 Å². The third kappa shape index (κ3) is 2.66. The molecule has 1 unspecified atom stereocenters. The molecule has 2 aromatic carbocycles. The first-order valence-electron chi connectivity index (χ1n) is 5.45. The minimum Gasteiger partial charge on any atom is -0.320 e. The molecule has 0 aromatic heterocycles. The summed E-state index contributed by atoms with van der Waals surface area (Å²) in [7, 11) is 0. The molecule has 0 spiro atoms. The lowest BCUT2D eigenvalue weighted by Crippen LogP contribution is -2.12. The second kappa shape index (κ2) is 5.27. The van der Waals surface area contributed by atoms with E-state index in [0.717, 1.165) is 11.1 Å². The van der Waals surface area contributed by atoms with E-state index in [2.05, 4.69) is 0 Å². The maximum Gasteiger partial charge on any atom is 0.124 e. The molecule has 2 aromatic rings. The van der Waals surface area contributed by atoms with Crippen LogP contribution < -0.4 is 5.73 Å². The Bertz CT molecular complexity index is 584. The summed E-state index contributed by atoms with van der Waals surface area (Å²) >= 11 is 12.1. The monoisotopic (exact) mass is 283 g/mol. The van der Waals surface area contributed by atoms with Gasteiger partial charge in [-0.05, 0) is 41.8 Å². The third-order valence-corrected chi connectivity index (χ3v) is 3.59. The van der Waals surface area contributed by atoms with Crippen molar-refractivity contribution in [3.63, 3.8) is 0 Å². The SMILES string of the molecule is Cc1ccc(C(N)c2ccc(F)cc2Cl)cc1Cl. The summed E-state index contributed by atoms with van der Waals surface area (Å²) < 4.78 is 13.0. The summed E-state index contributed by atoms with van der Waals surface area (Å²) in [4.78, 5) is 0. The van der Waals surface area contributed by atoms with Crippen molar-refractivity contribution in [3.05, 3.63) is 69.0 Å². The molecule has 0 aliphatic heterocycles. The minimum atomic E-state index is -0.420. The van der Waals surface area contributed by atoms with Crippen LogP contribution >= 0.6 is 23.2 Å². The molecule has 0 aliphatic rings. The van der Waals surface area contributed by atoms with Crippen LogP contribution in [0.5, 0.6) is 0 Å². The van der Waals surface area contributed by atoms with Gasteiger partial charge in [0, 0.05) is 10.0 Å². The van der Waals surface area contributed by atoms with Crippen LogP contribution in [-0.4, -0.2) is 0 Å². The Morgan fingerprint density at radius 3 is 2.39 bits per heavy atom. The molecule has 0 aliphatic carbocycles. The Labute approximate surface area is 115 Å². The summed E-state index contributed by atoms with van der Waals surface area (Å²) in [6.07, 6.45) is 0. The molecule has 0 saturated carbocycles. The smallest absolute Gasteiger partial charge is 0.124 e. The van der Waals surface area contributed by atoms with Gasteiger partial charge < -0.3 is 5.73 Å². The second-order valence-corrected chi connectivity index (χ2v) is 4.97. The average Bonchev–Trinajstić information content (AvgIpc) is 2.32. The normalized spacial score (nSPS) is 12.5. The summed E-state index contributed by atoms with van der Waals surface area (Å²) in [6.45, 7) is 1.92. The molecule has 0 fully saturated rings. The summed E-state index contributed by atoms with van der Waals surface area (Å²) in [6, 6.07) is 9.37. The van der Waals surface area contributed by atoms with Crippen molar-refractivity contribution in [2.24, 2.45) is 5.73 Å². The maximum atomic E-state index is 13.0. The fourth-order valence-corrected chi connectivity index (χ4v) is 2.21. The van der Waals surface area contributed by atoms with E-state index in [-0.39, 0.29) is 5.82 Å². The highest BCUT2D eigenvalue weighted by atomic mass is 35.5. The van der Waals surface area contributed by atoms with Crippen LogP contribution in [0.2, 0.25) is 10.0 Å². The highest BCUT2D eigenvalue weighted by molar-refractivity contribution is 6.31. The van der Waals surface area contributed by atoms with Gasteiger partial charge in [0.25, 0.3) is 0 Å². The van der Waals surface area contributed by atoms with Gasteiger partial charge in [-0.2, -0.15) is 0 Å². The number of nitrogens with two attached hydrogens (primary N) is 1. The first-order valence-corrected chi connectivity index (χ1v) is 6.21. The van der Waals surface area contributed by atoms with E-state index < -0.39 is 6.04 Å². The van der Waals surface area contributed by atoms with E-state index in [0.29, 0.717) is 15.6 Å². The van der Waals surface area contributed by atoms with E-state index in [1.54, 1.807) is 12.1 Å². The Morgan fingerprint density at radius 2 is 1.78 bits per heavy atom. The minimum absolute atomic E-state index is 0.319. The number of rotatable bonds is 2. The number of benzene rings is 2. The van der Waals surface area contributed by atoms with Crippen LogP contribution in [0.15, 0.2) is 36.4 Å². The molecule has 4 heteroatoms. The Balaban J connectivity index is 2.41. The van der Waals surface area contributed by atoms with E-state index in [9.17, 15) is 4.39 Å². The Hall–Kier alpha value is -1.09. The zero-order valence-corrected chi connectivity index (χ0v) is 11.3. The predicted molar refractivity (Wildman–Crippen MR) is 73.6 cm³/mol. The van der Waals surface area contributed by atoms with E-state index in [1.807, 2.05) is 19.1 Å². The van der Waals surface area contributed by atoms with Crippen molar-refractivity contribution in [2.45, 2.75) is 13.0 Å². The molecule has 94 valence electrons. The summed E-state index contributed by atoms with van der Waals surface area (Å²) in [5.74, 6) is -0.377. The second-order valence-electron chi connectivity index (χ2n) is 4.15. The van der Waals surface area contributed by atoms with Crippen molar-refractivity contribution in [1.29, 1.82) is 0 Å². The van der Waals surface area contributed by atoms with E-state index >= 15 is 0 Å². The zero-order chi connectivity index (χ0) is 13.3. The van der Waals surface area contributed by atoms with Gasteiger partial charge in [-0.3, -0.25) is 0 Å². The van der Waals surface area contributed by atoms with Crippen LogP contribution in [0, 0.1) is 12.7 Å². The molecular formula is C14H12Cl2FN. The predicted octanol–water partition coefficient (Wildman–Crippen LogP) is 4.49. The van der Waals surface area contributed by atoms with Crippen LogP contribution in [0.3, 0.4) is 0 Å². The van der Waals surface area contributed by atoms with E-state index in [1.165, 1.54) is 12.1 Å². The van der Waals surface area contributed by atoms with Crippen molar-refractivity contribution >= 4 is 23.2 Å². The lowest BCUT2D eigenvalue weighted by Gasteiger charge is -2.15. The summed E-state index contributed by atoms with van der Waals surface area (Å²) in [5, 5.41) is 0.973. The van der Waals surface area contributed by atoms with Crippen molar-refractivity contribution in [2.75, 3.05) is 0 Å². The summed E-state index contributed by atoms with van der Waals surface area (Å²) in [5.41, 5.74) is 8.63. The van der Waals surface area contributed by atoms with Gasteiger partial charge in [0.05, 0.1) is 6.04 Å². The average molecular weight is 284 g/mol. The molecule has 0 heterocycles. The third-order valence-electron chi connectivity index (χ3n) is 2.85. The Kier molecular flexibility index (Phi) is 3.91. The molecule has 1 atom stereocenters. The van der Waals surface area contributed by atoms with Crippen LogP contribution in [-0.2, 0) is 0 Å². The molecule has 0 radical (unpaired) electrons. The molecule has 1 nitrogen and oxygen atoms in total. The molecule has 0 saturated heterocycles. The molecule has 18 heavy (non-hydrogen) atoms. The lowest BCUT2D eigenvalue weighted by atomic mass is 9.98. The topological polar surface area (TPSA) is 26.0 Å². The number of hydrogen-bond donors (Lipinski definition) is 1. The van der Waals surface area contributed by atoms with Gasteiger partial charge in [0.2, 0.25) is 0 Å². The number of halogens is 3. The quantitative estimate of drug-likeness (QED) is 0.864. The molecule has 2 N–H and O–H groups in total. The maximum absolute atomic E-state index is 13.0. The largest absolute Gasteiger partial charge is 0.320 e. The van der Waals surface area contributed by atoms with Gasteiger partial charge in [0.15, 0.2) is 0 Å². The number of aryl methyl sites for hydroxylation is 1. The van der Waals surface area contributed by atoms with Crippen LogP contribution in [0.25, 0.3) is 0 Å². The van der Waals surface area contributed by atoms with Crippen molar-refractivity contribution < 1.29 is 4.39 Å². The van der Waals surface area contributed by atoms with Crippen molar-refractivity contribution in [1.82, 2.24) is 0 Å². The van der Waals surface area contributed by atoms with E-state index in [4.69, 9.17) is 28.9 Å². The first kappa shape index (κ1) is 13.3. The standard InChI is InChI=1S/C14H12Cl2FN/c1-8-2-3-9(6-12(8)15)14(18)11-5-4-10(17)7-13(11)16/h2-7,14H,18H2,1H3. The van der Waals surface area contributed by atoms with Gasteiger partial charge >= 0.3 is 0 Å². The fourth-order valence-electron chi connectivity index (χ4n) is 1.74. The first-order chi connectivity index (χ1) is 8.49. The van der Waals surface area contributed by atoms with Crippen molar-refractivity contribution in [3.8, 4) is 0 Å². The highest BCUT2D eigenvalue weighted by Gasteiger charge is 2.13. The van der Waals surface area contributed by atoms with Gasteiger partial charge in [-0.15, -0.1) is 0 Å². The number of hydrogen-bond acceptors (Lipinski definition) is 1. The lowest BCUT2D eigenvalue weighted by molar-refractivity contribution is 0.626. The highest BCUT2D eigenvalue weighted by Crippen LogP contribution is 2.29. The molecule has 0 amide bonds. The van der Waals surface area contributed by atoms with Gasteiger partial charge in [-0.1, -0.05) is 41.4 Å². The molecular weight excluding hydrogens is 272 g/mol. The van der Waals surface area contributed by atoms with Gasteiger partial charge in [0.1, 0.15) is 5.82 Å². The molecule has 2 rings (SSSR count). The molecule has 0 bridgehead atoms. The van der Waals surface area contributed by atoms with Crippen LogP contribution in [0.4, 0.5) is 4.39 Å². The van der Waals surface area contributed by atoms with Crippen LogP contribution in [0.1, 0.15) is 22.7 Å². The Morgan fingerprint density at radius 1 is 1.06 bits per heavy atom.